The number of anilines is 2. The van der Waals surface area contributed by atoms with Gasteiger partial charge in [-0.25, -0.2) is 14.4 Å². The number of aromatic nitrogens is 2. The minimum absolute atomic E-state index is 0.214. The number of ether oxygens (including phenoxy) is 3. The molecular formula is C27H26ClFN4O3. The smallest absolute Gasteiger partial charge is 0.145 e. The van der Waals surface area contributed by atoms with Crippen molar-refractivity contribution in [2.75, 3.05) is 44.8 Å². The first kappa shape index (κ1) is 24.2. The summed E-state index contributed by atoms with van der Waals surface area (Å²) in [6.45, 7) is 4.93. The Kier molecular flexibility index (Phi) is 7.76. The molecule has 1 fully saturated rings. The Morgan fingerprint density at radius 3 is 2.67 bits per heavy atom. The third-order valence-electron chi connectivity index (χ3n) is 5.87. The van der Waals surface area contributed by atoms with Crippen LogP contribution in [0.15, 0.2) is 67.0 Å². The summed E-state index contributed by atoms with van der Waals surface area (Å²) < 4.78 is 30.8. The topological polar surface area (TPSA) is 68.7 Å². The van der Waals surface area contributed by atoms with E-state index in [-0.39, 0.29) is 12.4 Å². The summed E-state index contributed by atoms with van der Waals surface area (Å²) in [5.41, 5.74) is 2.24. The lowest BCUT2D eigenvalue weighted by Gasteiger charge is -2.26. The van der Waals surface area contributed by atoms with E-state index < -0.39 is 0 Å². The van der Waals surface area contributed by atoms with Gasteiger partial charge < -0.3 is 19.5 Å². The van der Waals surface area contributed by atoms with Gasteiger partial charge in [-0.15, -0.1) is 0 Å². The first-order valence-corrected chi connectivity index (χ1v) is 12.1. The summed E-state index contributed by atoms with van der Waals surface area (Å²) in [4.78, 5) is 11.2. The highest BCUT2D eigenvalue weighted by Crippen LogP contribution is 2.34. The third kappa shape index (κ3) is 6.02. The molecule has 1 saturated heterocycles. The molecule has 1 aromatic heterocycles. The second kappa shape index (κ2) is 11.5. The average molecular weight is 509 g/mol. The van der Waals surface area contributed by atoms with Crippen LogP contribution in [0, 0.1) is 5.82 Å². The number of benzene rings is 3. The van der Waals surface area contributed by atoms with E-state index in [0.717, 1.165) is 55.0 Å². The Labute approximate surface area is 213 Å². The molecule has 5 rings (SSSR count). The molecule has 1 N–H and O–H groups in total. The fraction of sp³-hybridized carbons (Fsp3) is 0.259. The molecule has 0 aliphatic carbocycles. The van der Waals surface area contributed by atoms with Gasteiger partial charge >= 0.3 is 0 Å². The molecule has 0 bridgehead atoms. The van der Waals surface area contributed by atoms with Gasteiger partial charge in [-0.1, -0.05) is 29.8 Å². The summed E-state index contributed by atoms with van der Waals surface area (Å²) in [5.74, 6) is 1.53. The third-order valence-corrected chi connectivity index (χ3v) is 6.17. The van der Waals surface area contributed by atoms with E-state index in [0.29, 0.717) is 28.9 Å². The summed E-state index contributed by atoms with van der Waals surface area (Å²) >= 11 is 6.47. The zero-order valence-corrected chi connectivity index (χ0v) is 20.4. The highest BCUT2D eigenvalue weighted by Gasteiger charge is 2.14. The first-order chi connectivity index (χ1) is 17.7. The van der Waals surface area contributed by atoms with Crippen molar-refractivity contribution < 1.29 is 18.6 Å². The number of halogens is 2. The maximum atomic E-state index is 13.4. The van der Waals surface area contributed by atoms with Gasteiger partial charge in [0.05, 0.1) is 29.1 Å². The monoisotopic (exact) mass is 508 g/mol. The van der Waals surface area contributed by atoms with Crippen molar-refractivity contribution in [3.05, 3.63) is 83.4 Å². The zero-order chi connectivity index (χ0) is 24.7. The van der Waals surface area contributed by atoms with Crippen LogP contribution in [0.1, 0.15) is 5.56 Å². The van der Waals surface area contributed by atoms with Crippen molar-refractivity contribution >= 4 is 34.0 Å². The molecule has 2 heterocycles. The van der Waals surface area contributed by atoms with E-state index >= 15 is 0 Å². The maximum Gasteiger partial charge on any atom is 0.145 e. The fourth-order valence-electron chi connectivity index (χ4n) is 4.02. The molecule has 36 heavy (non-hydrogen) atoms. The van der Waals surface area contributed by atoms with E-state index in [4.69, 9.17) is 25.8 Å². The first-order valence-electron chi connectivity index (χ1n) is 11.8. The average Bonchev–Trinajstić information content (AvgIpc) is 2.89. The van der Waals surface area contributed by atoms with Gasteiger partial charge in [0, 0.05) is 25.3 Å². The molecule has 4 aromatic rings. The van der Waals surface area contributed by atoms with Gasteiger partial charge in [0.25, 0.3) is 0 Å². The maximum absolute atomic E-state index is 13.4. The van der Waals surface area contributed by atoms with Crippen LogP contribution in [-0.4, -0.2) is 54.3 Å². The number of nitrogens with one attached hydrogen (secondary N) is 1. The van der Waals surface area contributed by atoms with Crippen molar-refractivity contribution in [3.63, 3.8) is 0 Å². The normalized spacial score (nSPS) is 14.1. The largest absolute Gasteiger partial charge is 0.491 e. The van der Waals surface area contributed by atoms with E-state index in [1.807, 2.05) is 24.3 Å². The van der Waals surface area contributed by atoms with Crippen molar-refractivity contribution in [2.24, 2.45) is 0 Å². The molecule has 7 nitrogen and oxygen atoms in total. The van der Waals surface area contributed by atoms with E-state index in [1.165, 1.54) is 18.5 Å². The Hall–Kier alpha value is -3.46. The Morgan fingerprint density at radius 2 is 1.83 bits per heavy atom. The number of hydrogen-bond acceptors (Lipinski definition) is 7. The van der Waals surface area contributed by atoms with Gasteiger partial charge in [0.1, 0.15) is 42.7 Å². The molecule has 3 aromatic carbocycles. The lowest BCUT2D eigenvalue weighted by Crippen LogP contribution is -2.38. The van der Waals surface area contributed by atoms with E-state index in [9.17, 15) is 4.39 Å². The predicted octanol–water partition coefficient (Wildman–Crippen LogP) is 5.46. The second-order valence-electron chi connectivity index (χ2n) is 8.36. The quantitative estimate of drug-likeness (QED) is 0.322. The van der Waals surface area contributed by atoms with Crippen LogP contribution in [0.3, 0.4) is 0 Å². The minimum atomic E-state index is -0.303. The Balaban J connectivity index is 1.29. The van der Waals surface area contributed by atoms with Crippen LogP contribution in [0.4, 0.5) is 15.9 Å². The standard InChI is InChI=1S/C27H26ClFN4O3/c28-22-16-21(7-8-24(22)36-17-19-3-1-4-20(29)15-19)32-27-26-23(30-18-31-27)5-2-6-25(26)35-14-11-33-9-12-34-13-10-33/h1-8,15-16,18H,9-14,17H2,(H,30,31,32). The molecule has 0 amide bonds. The van der Waals surface area contributed by atoms with Crippen LogP contribution in [0.5, 0.6) is 11.5 Å². The van der Waals surface area contributed by atoms with Crippen LogP contribution in [0.2, 0.25) is 5.02 Å². The van der Waals surface area contributed by atoms with Gasteiger partial charge in [0.2, 0.25) is 0 Å². The van der Waals surface area contributed by atoms with Crippen molar-refractivity contribution in [2.45, 2.75) is 6.61 Å². The lowest BCUT2D eigenvalue weighted by molar-refractivity contribution is 0.0323. The van der Waals surface area contributed by atoms with Gasteiger partial charge in [-0.05, 0) is 48.0 Å². The number of rotatable bonds is 9. The number of morpholine rings is 1. The number of hydrogen-bond donors (Lipinski definition) is 1. The molecule has 9 heteroatoms. The van der Waals surface area contributed by atoms with Crippen LogP contribution in [0.25, 0.3) is 10.9 Å². The second-order valence-corrected chi connectivity index (χ2v) is 8.77. The molecule has 1 aliphatic heterocycles. The number of nitrogens with zero attached hydrogens (tertiary/aromatic N) is 3. The Morgan fingerprint density at radius 1 is 0.972 bits per heavy atom. The highest BCUT2D eigenvalue weighted by molar-refractivity contribution is 6.32. The zero-order valence-electron chi connectivity index (χ0n) is 19.6. The Bertz CT molecular complexity index is 1330. The van der Waals surface area contributed by atoms with Crippen LogP contribution in [-0.2, 0) is 11.3 Å². The summed E-state index contributed by atoms with van der Waals surface area (Å²) in [6.07, 6.45) is 1.51. The van der Waals surface area contributed by atoms with Gasteiger partial charge in [0.15, 0.2) is 0 Å². The van der Waals surface area contributed by atoms with Crippen molar-refractivity contribution in [3.8, 4) is 11.5 Å². The molecule has 1 aliphatic rings. The number of fused-ring (bicyclic) bond motifs is 1. The molecule has 0 radical (unpaired) electrons. The van der Waals surface area contributed by atoms with E-state index in [1.54, 1.807) is 24.3 Å². The molecule has 0 unspecified atom stereocenters. The van der Waals surface area contributed by atoms with Gasteiger partial charge in [-0.2, -0.15) is 0 Å². The predicted molar refractivity (Wildman–Crippen MR) is 138 cm³/mol. The molecule has 0 atom stereocenters. The van der Waals surface area contributed by atoms with Crippen molar-refractivity contribution in [1.82, 2.24) is 14.9 Å². The molecule has 0 spiro atoms. The van der Waals surface area contributed by atoms with Crippen LogP contribution < -0.4 is 14.8 Å². The molecule has 0 saturated carbocycles. The van der Waals surface area contributed by atoms with Gasteiger partial charge in [-0.3, -0.25) is 4.90 Å². The fourth-order valence-corrected chi connectivity index (χ4v) is 4.26. The van der Waals surface area contributed by atoms with Crippen molar-refractivity contribution in [1.29, 1.82) is 0 Å². The minimum Gasteiger partial charge on any atom is -0.491 e. The highest BCUT2D eigenvalue weighted by atomic mass is 35.5. The summed E-state index contributed by atoms with van der Waals surface area (Å²) in [5, 5.41) is 4.55. The lowest BCUT2D eigenvalue weighted by atomic mass is 10.2. The van der Waals surface area contributed by atoms with E-state index in [2.05, 4.69) is 20.2 Å². The molecule has 186 valence electrons. The summed E-state index contributed by atoms with van der Waals surface area (Å²) in [7, 11) is 0. The summed E-state index contributed by atoms with van der Waals surface area (Å²) in [6, 6.07) is 17.4. The molecular weight excluding hydrogens is 483 g/mol. The van der Waals surface area contributed by atoms with Crippen LogP contribution >= 0.6 is 11.6 Å². The SMILES string of the molecule is Fc1cccc(COc2ccc(Nc3ncnc4cccc(OCCN5CCOCC5)c34)cc2Cl)c1.